The summed E-state index contributed by atoms with van der Waals surface area (Å²) < 4.78 is 5.58. The van der Waals surface area contributed by atoms with E-state index in [9.17, 15) is 9.90 Å². The molecule has 0 saturated carbocycles. The Morgan fingerprint density at radius 1 is 1.59 bits per heavy atom. The molecule has 1 fully saturated rings. The lowest BCUT2D eigenvalue weighted by molar-refractivity contribution is -0.0394. The van der Waals surface area contributed by atoms with E-state index in [4.69, 9.17) is 4.74 Å². The van der Waals surface area contributed by atoms with Crippen molar-refractivity contribution in [3.8, 4) is 0 Å². The largest absolute Gasteiger partial charge is 0.388 e. The van der Waals surface area contributed by atoms with Crippen molar-refractivity contribution >= 4 is 17.2 Å². The van der Waals surface area contributed by atoms with Crippen molar-refractivity contribution in [2.45, 2.75) is 32.2 Å². The Bertz CT molecular complexity index is 377. The molecule has 0 spiro atoms. The van der Waals surface area contributed by atoms with E-state index in [2.05, 4.69) is 0 Å². The second-order valence-electron chi connectivity index (χ2n) is 4.51. The van der Waals surface area contributed by atoms with Gasteiger partial charge in [0, 0.05) is 18.5 Å². The first-order chi connectivity index (χ1) is 8.08. The number of thiophene rings is 1. The lowest BCUT2D eigenvalue weighted by Gasteiger charge is -2.17. The summed E-state index contributed by atoms with van der Waals surface area (Å²) >= 11 is 1.50. The van der Waals surface area contributed by atoms with Crippen LogP contribution in [-0.4, -0.2) is 47.3 Å². The molecule has 1 saturated heterocycles. The van der Waals surface area contributed by atoms with Crippen molar-refractivity contribution in [2.24, 2.45) is 0 Å². The minimum Gasteiger partial charge on any atom is -0.388 e. The van der Waals surface area contributed by atoms with Gasteiger partial charge in [-0.15, -0.1) is 0 Å². The van der Waals surface area contributed by atoms with Crippen LogP contribution < -0.4 is 0 Å². The van der Waals surface area contributed by atoms with Gasteiger partial charge in [-0.2, -0.15) is 11.3 Å². The fourth-order valence-corrected chi connectivity index (χ4v) is 2.60. The summed E-state index contributed by atoms with van der Waals surface area (Å²) in [4.78, 5) is 13.7. The lowest BCUT2D eigenvalue weighted by atomic mass is 10.2. The maximum absolute atomic E-state index is 12.1. The normalized spacial score (nSPS) is 24.6. The number of ether oxygens (including phenoxy) is 1. The van der Waals surface area contributed by atoms with Gasteiger partial charge in [-0.1, -0.05) is 0 Å². The van der Waals surface area contributed by atoms with E-state index in [1.807, 2.05) is 24.6 Å². The highest BCUT2D eigenvalue weighted by Gasteiger charge is 2.35. The summed E-state index contributed by atoms with van der Waals surface area (Å²) in [6.07, 6.45) is -0.788. The number of carbonyl (C=O) groups is 1. The molecule has 0 aliphatic carbocycles. The number of aliphatic hydroxyl groups excluding tert-OH is 1. The molecule has 1 aromatic heterocycles. The minimum atomic E-state index is -0.583. The zero-order valence-corrected chi connectivity index (χ0v) is 10.8. The predicted octanol–water partition coefficient (Wildman–Crippen LogP) is 1.36. The van der Waals surface area contributed by atoms with Crippen LogP contribution in [0, 0.1) is 0 Å². The van der Waals surface area contributed by atoms with Crippen LogP contribution in [0.4, 0.5) is 0 Å². The lowest BCUT2D eigenvalue weighted by Crippen LogP contribution is -2.30. The van der Waals surface area contributed by atoms with Gasteiger partial charge in [0.05, 0.1) is 17.8 Å². The maximum Gasteiger partial charge on any atom is 0.254 e. The smallest absolute Gasteiger partial charge is 0.254 e. The van der Waals surface area contributed by atoms with Gasteiger partial charge in [0.1, 0.15) is 6.10 Å². The number of hydrogen-bond donors (Lipinski definition) is 1. The minimum absolute atomic E-state index is 0.0276. The Morgan fingerprint density at radius 3 is 2.94 bits per heavy atom. The Balaban J connectivity index is 1.99. The van der Waals surface area contributed by atoms with Gasteiger partial charge in [0.2, 0.25) is 0 Å². The number of carbonyl (C=O) groups excluding carboxylic acids is 1. The van der Waals surface area contributed by atoms with Gasteiger partial charge < -0.3 is 14.7 Å². The Labute approximate surface area is 105 Å². The second-order valence-corrected chi connectivity index (χ2v) is 5.29. The highest BCUT2D eigenvalue weighted by atomic mass is 32.1. The molecule has 0 radical (unpaired) electrons. The summed E-state index contributed by atoms with van der Waals surface area (Å²) in [5.41, 5.74) is 0.687. The summed E-state index contributed by atoms with van der Waals surface area (Å²) in [5.74, 6) is -0.0276. The van der Waals surface area contributed by atoms with Crippen LogP contribution in [0.15, 0.2) is 16.8 Å². The van der Waals surface area contributed by atoms with E-state index in [-0.39, 0.29) is 18.1 Å². The molecule has 0 unspecified atom stereocenters. The van der Waals surface area contributed by atoms with Gasteiger partial charge in [-0.3, -0.25) is 4.79 Å². The fraction of sp³-hybridized carbons (Fsp3) is 0.583. The molecule has 2 heterocycles. The average molecular weight is 255 g/mol. The predicted molar refractivity (Wildman–Crippen MR) is 66.2 cm³/mol. The Hall–Kier alpha value is -0.910. The molecule has 1 N–H and O–H groups in total. The van der Waals surface area contributed by atoms with Crippen LogP contribution in [-0.2, 0) is 4.74 Å². The Kier molecular flexibility index (Phi) is 3.81. The quantitative estimate of drug-likeness (QED) is 0.887. The molecule has 94 valence electrons. The number of β-amino-alcohol motifs (C(OH)–C–C–N with tert-alkyl or cyclic N) is 1. The van der Waals surface area contributed by atoms with E-state index in [0.717, 1.165) is 0 Å². The molecule has 17 heavy (non-hydrogen) atoms. The molecule has 1 aromatic rings. The van der Waals surface area contributed by atoms with Gasteiger partial charge in [0.25, 0.3) is 5.91 Å². The van der Waals surface area contributed by atoms with Crippen LogP contribution in [0.5, 0.6) is 0 Å². The van der Waals surface area contributed by atoms with E-state index < -0.39 is 6.10 Å². The molecular weight excluding hydrogens is 238 g/mol. The van der Waals surface area contributed by atoms with Crippen molar-refractivity contribution < 1.29 is 14.6 Å². The third kappa shape index (κ3) is 2.86. The third-order valence-corrected chi connectivity index (χ3v) is 3.42. The molecule has 0 aromatic carbocycles. The van der Waals surface area contributed by atoms with E-state index in [0.29, 0.717) is 18.7 Å². The van der Waals surface area contributed by atoms with Crippen molar-refractivity contribution in [1.29, 1.82) is 0 Å². The number of amides is 1. The first-order valence-electron chi connectivity index (χ1n) is 5.73. The maximum atomic E-state index is 12.1. The second kappa shape index (κ2) is 5.16. The summed E-state index contributed by atoms with van der Waals surface area (Å²) in [5, 5.41) is 13.5. The average Bonchev–Trinajstić information content (AvgIpc) is 2.87. The van der Waals surface area contributed by atoms with Crippen molar-refractivity contribution in [1.82, 2.24) is 4.90 Å². The van der Waals surface area contributed by atoms with Crippen molar-refractivity contribution in [2.75, 3.05) is 13.1 Å². The summed E-state index contributed by atoms with van der Waals surface area (Å²) in [7, 11) is 0. The highest BCUT2D eigenvalue weighted by molar-refractivity contribution is 7.08. The topological polar surface area (TPSA) is 49.8 Å². The van der Waals surface area contributed by atoms with E-state index >= 15 is 0 Å². The van der Waals surface area contributed by atoms with E-state index in [1.165, 1.54) is 11.3 Å². The summed E-state index contributed by atoms with van der Waals surface area (Å²) in [6, 6.07) is 1.80. The van der Waals surface area contributed by atoms with Crippen LogP contribution in [0.1, 0.15) is 24.2 Å². The molecule has 5 heteroatoms. The van der Waals surface area contributed by atoms with Crippen LogP contribution in [0.3, 0.4) is 0 Å². The van der Waals surface area contributed by atoms with Crippen LogP contribution in [0.2, 0.25) is 0 Å². The molecule has 4 nitrogen and oxygen atoms in total. The zero-order chi connectivity index (χ0) is 12.4. The number of aliphatic hydroxyl groups is 1. The van der Waals surface area contributed by atoms with Gasteiger partial charge >= 0.3 is 0 Å². The van der Waals surface area contributed by atoms with Crippen molar-refractivity contribution in [3.05, 3.63) is 22.4 Å². The molecule has 2 atom stereocenters. The van der Waals surface area contributed by atoms with E-state index in [1.54, 1.807) is 11.0 Å². The first-order valence-corrected chi connectivity index (χ1v) is 6.67. The van der Waals surface area contributed by atoms with Gasteiger partial charge in [0.15, 0.2) is 0 Å². The van der Waals surface area contributed by atoms with Crippen LogP contribution >= 0.6 is 11.3 Å². The number of likely N-dealkylation sites (tertiary alicyclic amines) is 1. The molecule has 2 rings (SSSR count). The highest BCUT2D eigenvalue weighted by Crippen LogP contribution is 2.19. The molecular formula is C12H17NO3S. The first kappa shape index (κ1) is 12.5. The Morgan fingerprint density at radius 2 is 2.35 bits per heavy atom. The van der Waals surface area contributed by atoms with Crippen molar-refractivity contribution in [3.63, 3.8) is 0 Å². The van der Waals surface area contributed by atoms with Crippen LogP contribution in [0.25, 0.3) is 0 Å². The number of nitrogens with zero attached hydrogens (tertiary/aromatic N) is 1. The number of rotatable bonds is 3. The molecule has 1 aliphatic heterocycles. The zero-order valence-electron chi connectivity index (χ0n) is 10.00. The number of hydrogen-bond acceptors (Lipinski definition) is 4. The van der Waals surface area contributed by atoms with Gasteiger partial charge in [-0.05, 0) is 25.3 Å². The standard InChI is InChI=1S/C12H17NO3S/c1-8(2)16-11-6-13(5-10(11)14)12(15)9-3-4-17-7-9/h3-4,7-8,10-11,14H,5-6H2,1-2H3/t10-,11-/m0/s1. The monoisotopic (exact) mass is 255 g/mol. The van der Waals surface area contributed by atoms with Gasteiger partial charge in [-0.25, -0.2) is 0 Å². The molecule has 1 aliphatic rings. The SMILES string of the molecule is CC(C)O[C@H]1CN(C(=O)c2ccsc2)C[C@@H]1O. The third-order valence-electron chi connectivity index (χ3n) is 2.74. The molecule has 0 bridgehead atoms. The summed E-state index contributed by atoms with van der Waals surface area (Å²) in [6.45, 7) is 4.67. The molecule has 1 amide bonds. The fourth-order valence-electron chi connectivity index (χ4n) is 1.97.